The summed E-state index contributed by atoms with van der Waals surface area (Å²) in [5.74, 6) is 0.606. The molecule has 2 aromatic carbocycles. The highest BCUT2D eigenvalue weighted by molar-refractivity contribution is 5.91. The maximum atomic E-state index is 13.7. The van der Waals surface area contributed by atoms with Gasteiger partial charge >= 0.3 is 0 Å². The van der Waals surface area contributed by atoms with Crippen molar-refractivity contribution < 1.29 is 13.6 Å². The number of hydrogen-bond acceptors (Lipinski definition) is 6. The van der Waals surface area contributed by atoms with Gasteiger partial charge in [-0.1, -0.05) is 42.5 Å². The Morgan fingerprint density at radius 2 is 1.74 bits per heavy atom. The maximum absolute atomic E-state index is 13.7. The summed E-state index contributed by atoms with van der Waals surface area (Å²) >= 11 is 0. The number of aryl methyl sites for hydroxylation is 2. The van der Waals surface area contributed by atoms with Crippen LogP contribution in [-0.4, -0.2) is 38.5 Å². The summed E-state index contributed by atoms with van der Waals surface area (Å²) in [5.41, 5.74) is 3.78. The van der Waals surface area contributed by atoms with Crippen molar-refractivity contribution in [2.75, 3.05) is 13.1 Å². The van der Waals surface area contributed by atoms with Crippen LogP contribution in [0.25, 0.3) is 11.0 Å². The number of imidazole rings is 1. The molecule has 0 fully saturated rings. The quantitative estimate of drug-likeness (QED) is 0.244. The predicted molar refractivity (Wildman–Crippen MR) is 142 cm³/mol. The summed E-state index contributed by atoms with van der Waals surface area (Å²) in [6.45, 7) is 2.24. The zero-order valence-electron chi connectivity index (χ0n) is 20.9. The Balaban J connectivity index is 1.10. The van der Waals surface area contributed by atoms with E-state index >= 15 is 0 Å². The number of benzene rings is 2. The molecule has 194 valence electrons. The Kier molecular flexibility index (Phi) is 8.15. The summed E-state index contributed by atoms with van der Waals surface area (Å²) in [5, 5.41) is 6.03. The molecule has 0 radical (unpaired) electrons. The number of oxazole rings is 1. The first-order valence-electron chi connectivity index (χ1n) is 12.7. The van der Waals surface area contributed by atoms with Gasteiger partial charge in [-0.15, -0.1) is 0 Å². The third-order valence-corrected chi connectivity index (χ3v) is 6.28. The second kappa shape index (κ2) is 12.2. The van der Waals surface area contributed by atoms with Crippen LogP contribution in [0.1, 0.15) is 33.5 Å². The highest BCUT2D eigenvalue weighted by atomic mass is 19.1. The van der Waals surface area contributed by atoms with Crippen molar-refractivity contribution in [2.24, 2.45) is 0 Å². The van der Waals surface area contributed by atoms with Crippen LogP contribution >= 0.6 is 0 Å². The average Bonchev–Trinajstić information content (AvgIpc) is 3.56. The van der Waals surface area contributed by atoms with E-state index in [-0.39, 0.29) is 17.9 Å². The van der Waals surface area contributed by atoms with Crippen LogP contribution in [0.3, 0.4) is 0 Å². The molecule has 3 aromatic heterocycles. The smallest absolute Gasteiger partial charge is 0.273 e. The van der Waals surface area contributed by atoms with E-state index in [1.165, 1.54) is 30.2 Å². The molecule has 0 saturated carbocycles. The van der Waals surface area contributed by atoms with E-state index in [4.69, 9.17) is 9.40 Å². The molecule has 3 heterocycles. The molecular formula is C29H29FN6O2. The maximum Gasteiger partial charge on any atom is 0.273 e. The van der Waals surface area contributed by atoms with Gasteiger partial charge in [-0.05, 0) is 36.2 Å². The molecule has 0 aliphatic rings. The summed E-state index contributed by atoms with van der Waals surface area (Å²) in [6.07, 6.45) is 5.05. The van der Waals surface area contributed by atoms with Gasteiger partial charge in [0.15, 0.2) is 11.6 Å². The zero-order chi connectivity index (χ0) is 26.2. The van der Waals surface area contributed by atoms with Crippen molar-refractivity contribution in [2.45, 2.75) is 32.4 Å². The first kappa shape index (κ1) is 25.3. The minimum absolute atomic E-state index is 0.0224. The van der Waals surface area contributed by atoms with E-state index in [1.54, 1.807) is 0 Å². The monoisotopic (exact) mass is 512 g/mol. The second-order valence-electron chi connectivity index (χ2n) is 8.90. The first-order chi connectivity index (χ1) is 18.7. The molecule has 9 heteroatoms. The van der Waals surface area contributed by atoms with Gasteiger partial charge in [0.25, 0.3) is 5.91 Å². The number of nitrogens with zero attached hydrogens (tertiary/aromatic N) is 4. The number of rotatable bonds is 12. The SMILES string of the molecule is O=C(NCc1ncccc1F)c1coc(CCNCCc2nc3ccccc3n2CCc2ccccc2)n1. The largest absolute Gasteiger partial charge is 0.448 e. The van der Waals surface area contributed by atoms with Crippen LogP contribution in [0.2, 0.25) is 0 Å². The summed E-state index contributed by atoms with van der Waals surface area (Å²) in [6, 6.07) is 21.5. The third-order valence-electron chi connectivity index (χ3n) is 6.28. The van der Waals surface area contributed by atoms with Gasteiger partial charge in [-0.25, -0.2) is 14.4 Å². The number of nitrogens with one attached hydrogen (secondary N) is 2. The van der Waals surface area contributed by atoms with Crippen LogP contribution < -0.4 is 10.6 Å². The van der Waals surface area contributed by atoms with Gasteiger partial charge in [0.2, 0.25) is 0 Å². The number of pyridine rings is 1. The van der Waals surface area contributed by atoms with Crippen LogP contribution in [0.15, 0.2) is 83.6 Å². The molecule has 5 rings (SSSR count). The van der Waals surface area contributed by atoms with Gasteiger partial charge in [0.05, 0.1) is 23.3 Å². The Hall–Kier alpha value is -4.37. The van der Waals surface area contributed by atoms with E-state index in [1.807, 2.05) is 18.2 Å². The van der Waals surface area contributed by atoms with Crippen LogP contribution in [-0.2, 0) is 32.4 Å². The van der Waals surface area contributed by atoms with E-state index in [0.29, 0.717) is 18.9 Å². The van der Waals surface area contributed by atoms with E-state index in [0.717, 1.165) is 42.8 Å². The molecule has 38 heavy (non-hydrogen) atoms. The molecule has 2 N–H and O–H groups in total. The van der Waals surface area contributed by atoms with E-state index in [9.17, 15) is 9.18 Å². The van der Waals surface area contributed by atoms with Crippen LogP contribution in [0.4, 0.5) is 4.39 Å². The molecule has 5 aromatic rings. The number of fused-ring (bicyclic) bond motifs is 1. The third kappa shape index (κ3) is 6.30. The Morgan fingerprint density at radius 1 is 0.921 bits per heavy atom. The number of halogens is 1. The molecule has 1 amide bonds. The lowest BCUT2D eigenvalue weighted by atomic mass is 10.1. The highest BCUT2D eigenvalue weighted by Crippen LogP contribution is 2.17. The van der Waals surface area contributed by atoms with Crippen molar-refractivity contribution in [1.29, 1.82) is 0 Å². The summed E-state index contributed by atoms with van der Waals surface area (Å²) in [7, 11) is 0. The number of carbonyl (C=O) groups excluding carboxylic acids is 1. The standard InChI is InChI=1S/C29H29FN6O2/c30-22-9-6-15-32-24(22)19-33-29(37)25-20-38-28(35-25)13-17-31-16-12-27-34-23-10-4-5-11-26(23)36(27)18-14-21-7-2-1-3-8-21/h1-11,15,20,31H,12-14,16-19H2,(H,33,37). The lowest BCUT2D eigenvalue weighted by Crippen LogP contribution is -2.24. The molecule has 0 saturated heterocycles. The predicted octanol–water partition coefficient (Wildman–Crippen LogP) is 4.11. The molecule has 0 aliphatic carbocycles. The van der Waals surface area contributed by atoms with Crippen molar-refractivity contribution in [1.82, 2.24) is 30.2 Å². The summed E-state index contributed by atoms with van der Waals surface area (Å²) in [4.78, 5) is 25.4. The van der Waals surface area contributed by atoms with Gasteiger partial charge < -0.3 is 19.6 Å². The Bertz CT molecular complexity index is 1500. The van der Waals surface area contributed by atoms with Gasteiger partial charge in [0, 0.05) is 38.7 Å². The fourth-order valence-electron chi connectivity index (χ4n) is 4.30. The molecule has 0 bridgehead atoms. The molecule has 0 aliphatic heterocycles. The van der Waals surface area contributed by atoms with Crippen LogP contribution in [0, 0.1) is 5.82 Å². The van der Waals surface area contributed by atoms with Gasteiger partial charge in [0.1, 0.15) is 17.9 Å². The molecular weight excluding hydrogens is 483 g/mol. The van der Waals surface area contributed by atoms with Crippen molar-refractivity contribution in [3.63, 3.8) is 0 Å². The fourth-order valence-corrected chi connectivity index (χ4v) is 4.30. The normalized spacial score (nSPS) is 11.2. The number of hydrogen-bond donors (Lipinski definition) is 2. The average molecular weight is 513 g/mol. The van der Waals surface area contributed by atoms with Crippen molar-refractivity contribution in [3.8, 4) is 0 Å². The highest BCUT2D eigenvalue weighted by Gasteiger charge is 2.14. The molecule has 0 unspecified atom stereocenters. The Morgan fingerprint density at radius 3 is 2.61 bits per heavy atom. The number of carbonyl (C=O) groups is 1. The number of para-hydroxylation sites is 2. The minimum atomic E-state index is -0.466. The lowest BCUT2D eigenvalue weighted by Gasteiger charge is -2.10. The van der Waals surface area contributed by atoms with Crippen LogP contribution in [0.5, 0.6) is 0 Å². The Labute approximate surface area is 220 Å². The topological polar surface area (TPSA) is 97.9 Å². The van der Waals surface area contributed by atoms with Crippen molar-refractivity contribution in [3.05, 3.63) is 114 Å². The zero-order valence-corrected chi connectivity index (χ0v) is 20.9. The molecule has 0 atom stereocenters. The van der Waals surface area contributed by atoms with E-state index in [2.05, 4.69) is 61.6 Å². The van der Waals surface area contributed by atoms with Gasteiger partial charge in [-0.3, -0.25) is 9.78 Å². The fraction of sp³-hybridized carbons (Fsp3) is 0.241. The molecule has 8 nitrogen and oxygen atoms in total. The van der Waals surface area contributed by atoms with Crippen molar-refractivity contribution >= 4 is 16.9 Å². The number of amides is 1. The second-order valence-corrected chi connectivity index (χ2v) is 8.90. The van der Waals surface area contributed by atoms with Gasteiger partial charge in [-0.2, -0.15) is 0 Å². The minimum Gasteiger partial charge on any atom is -0.448 e. The first-order valence-corrected chi connectivity index (χ1v) is 12.7. The van der Waals surface area contributed by atoms with E-state index < -0.39 is 11.7 Å². The lowest BCUT2D eigenvalue weighted by molar-refractivity contribution is 0.0945. The summed E-state index contributed by atoms with van der Waals surface area (Å²) < 4.78 is 21.4. The number of aromatic nitrogens is 4. The molecule has 0 spiro atoms.